The number of anilines is 1. The first kappa shape index (κ1) is 21.3. The van der Waals surface area contributed by atoms with Crippen molar-refractivity contribution in [2.45, 2.75) is 38.9 Å². The maximum Gasteiger partial charge on any atom is 0.255 e. The molecule has 0 saturated carbocycles. The molecule has 4 rings (SSSR count). The van der Waals surface area contributed by atoms with Gasteiger partial charge in [0.25, 0.3) is 5.91 Å². The summed E-state index contributed by atoms with van der Waals surface area (Å²) in [6.07, 6.45) is 0.512. The Balaban J connectivity index is 1.58. The molecule has 0 radical (unpaired) electrons. The lowest BCUT2D eigenvalue weighted by molar-refractivity contribution is -0.137. The summed E-state index contributed by atoms with van der Waals surface area (Å²) >= 11 is 12.4. The number of nitrogens with zero attached hydrogens (tertiary/aromatic N) is 2. The third-order valence-electron chi connectivity index (χ3n) is 5.53. The van der Waals surface area contributed by atoms with Crippen LogP contribution in [0.4, 0.5) is 5.69 Å². The van der Waals surface area contributed by atoms with Gasteiger partial charge >= 0.3 is 0 Å². The minimum Gasteiger partial charge on any atom is -0.322 e. The molecule has 2 heterocycles. The Labute approximate surface area is 188 Å². The normalized spacial score (nSPS) is 18.1. The van der Waals surface area contributed by atoms with Gasteiger partial charge in [-0.3, -0.25) is 24.5 Å². The number of carbonyl (C=O) groups is 4. The van der Waals surface area contributed by atoms with E-state index in [1.807, 2.05) is 6.07 Å². The van der Waals surface area contributed by atoms with E-state index in [1.54, 1.807) is 30.3 Å². The quantitative estimate of drug-likeness (QED) is 0.710. The number of nitrogens with one attached hydrogen (secondary N) is 1. The molecule has 9 heteroatoms. The molecule has 0 spiro atoms. The van der Waals surface area contributed by atoms with Crippen molar-refractivity contribution in [2.24, 2.45) is 0 Å². The van der Waals surface area contributed by atoms with Gasteiger partial charge in [-0.1, -0.05) is 41.4 Å². The first-order valence-electron chi connectivity index (χ1n) is 9.75. The fourth-order valence-corrected chi connectivity index (χ4v) is 4.37. The van der Waals surface area contributed by atoms with Gasteiger partial charge in [-0.2, -0.15) is 0 Å². The van der Waals surface area contributed by atoms with Crippen LogP contribution in [0.1, 0.15) is 41.3 Å². The molecule has 7 nitrogen and oxygen atoms in total. The minimum atomic E-state index is -0.667. The van der Waals surface area contributed by atoms with E-state index in [9.17, 15) is 19.2 Å². The molecule has 1 saturated heterocycles. The Kier molecular flexibility index (Phi) is 5.73. The summed E-state index contributed by atoms with van der Waals surface area (Å²) < 4.78 is 0. The largest absolute Gasteiger partial charge is 0.322 e. The Bertz CT molecular complexity index is 1120. The van der Waals surface area contributed by atoms with Gasteiger partial charge in [0.05, 0.1) is 22.3 Å². The van der Waals surface area contributed by atoms with E-state index < -0.39 is 11.9 Å². The highest BCUT2D eigenvalue weighted by molar-refractivity contribution is 6.44. The van der Waals surface area contributed by atoms with Crippen molar-refractivity contribution < 1.29 is 19.2 Å². The van der Waals surface area contributed by atoms with E-state index in [1.165, 1.54) is 16.7 Å². The standard InChI is InChI=1S/C22H19Cl2N3O4/c1-12(28)26(17-4-2-3-16(23)20(17)24)10-13-5-6-15-14(9-13)11-27(22(15)31)18-7-8-19(29)25-21(18)30/h2-6,9,18H,7-8,10-11H2,1H3,(H,25,29,30). The van der Waals surface area contributed by atoms with Gasteiger partial charge in [0.15, 0.2) is 0 Å². The van der Waals surface area contributed by atoms with E-state index in [0.717, 1.165) is 11.1 Å². The zero-order chi connectivity index (χ0) is 22.3. The first-order valence-corrected chi connectivity index (χ1v) is 10.5. The second-order valence-electron chi connectivity index (χ2n) is 7.57. The van der Waals surface area contributed by atoms with Crippen LogP contribution in [0.3, 0.4) is 0 Å². The molecule has 1 atom stereocenters. The summed E-state index contributed by atoms with van der Waals surface area (Å²) in [6.45, 7) is 1.96. The van der Waals surface area contributed by atoms with Gasteiger partial charge in [-0.25, -0.2) is 0 Å². The first-order chi connectivity index (χ1) is 14.8. The zero-order valence-electron chi connectivity index (χ0n) is 16.7. The van der Waals surface area contributed by atoms with Crippen molar-refractivity contribution >= 4 is 52.5 Å². The van der Waals surface area contributed by atoms with Crippen molar-refractivity contribution in [1.82, 2.24) is 10.2 Å². The van der Waals surface area contributed by atoms with Gasteiger partial charge in [0, 0.05) is 25.5 Å². The van der Waals surface area contributed by atoms with E-state index in [-0.39, 0.29) is 37.2 Å². The molecule has 2 aromatic carbocycles. The molecule has 2 aliphatic rings. The second kappa shape index (κ2) is 8.32. The van der Waals surface area contributed by atoms with E-state index in [4.69, 9.17) is 23.2 Å². The van der Waals surface area contributed by atoms with Crippen molar-refractivity contribution in [3.63, 3.8) is 0 Å². The van der Waals surface area contributed by atoms with Crippen molar-refractivity contribution in [2.75, 3.05) is 4.90 Å². The van der Waals surface area contributed by atoms with Crippen LogP contribution >= 0.6 is 23.2 Å². The molecule has 0 aromatic heterocycles. The van der Waals surface area contributed by atoms with E-state index in [0.29, 0.717) is 27.7 Å². The average Bonchev–Trinajstić information content (AvgIpc) is 3.04. The highest BCUT2D eigenvalue weighted by Crippen LogP contribution is 2.34. The van der Waals surface area contributed by atoms with Crippen LogP contribution in [0.2, 0.25) is 10.0 Å². The number of amides is 4. The van der Waals surface area contributed by atoms with E-state index >= 15 is 0 Å². The van der Waals surface area contributed by atoms with Crippen LogP contribution in [-0.2, 0) is 27.5 Å². The topological polar surface area (TPSA) is 86.8 Å². The van der Waals surface area contributed by atoms with E-state index in [2.05, 4.69) is 5.32 Å². The molecule has 160 valence electrons. The highest BCUT2D eigenvalue weighted by atomic mass is 35.5. The third-order valence-corrected chi connectivity index (χ3v) is 6.34. The number of benzene rings is 2. The third kappa shape index (κ3) is 4.03. The van der Waals surface area contributed by atoms with Crippen LogP contribution < -0.4 is 10.2 Å². The highest BCUT2D eigenvalue weighted by Gasteiger charge is 2.39. The van der Waals surface area contributed by atoms with Gasteiger partial charge in [-0.05, 0) is 35.7 Å². The van der Waals surface area contributed by atoms with Crippen LogP contribution in [-0.4, -0.2) is 34.6 Å². The minimum absolute atomic E-state index is 0.203. The van der Waals surface area contributed by atoms with Crippen molar-refractivity contribution in [3.8, 4) is 0 Å². The monoisotopic (exact) mass is 459 g/mol. The number of carbonyl (C=O) groups excluding carboxylic acids is 4. The van der Waals surface area contributed by atoms with Crippen molar-refractivity contribution in [3.05, 3.63) is 63.1 Å². The summed E-state index contributed by atoms with van der Waals surface area (Å²) in [5.74, 6) is -1.21. The van der Waals surface area contributed by atoms with Crippen LogP contribution in [0, 0.1) is 0 Å². The average molecular weight is 460 g/mol. The molecule has 1 N–H and O–H groups in total. The molecular formula is C22H19Cl2N3O4. The maximum atomic E-state index is 12.8. The number of fused-ring (bicyclic) bond motifs is 1. The Hall–Kier alpha value is -2.90. The summed E-state index contributed by atoms with van der Waals surface area (Å²) in [7, 11) is 0. The molecule has 4 amide bonds. The predicted molar refractivity (Wildman–Crippen MR) is 116 cm³/mol. The van der Waals surface area contributed by atoms with Gasteiger partial charge in [0.1, 0.15) is 6.04 Å². The number of piperidine rings is 1. The summed E-state index contributed by atoms with van der Waals surface area (Å²) in [5.41, 5.74) is 2.60. The SMILES string of the molecule is CC(=O)N(Cc1ccc2c(c1)CN(C1CCC(=O)NC1=O)C2=O)c1cccc(Cl)c1Cl. The van der Waals surface area contributed by atoms with Crippen LogP contribution in [0.5, 0.6) is 0 Å². The van der Waals surface area contributed by atoms with Gasteiger partial charge < -0.3 is 9.80 Å². The lowest BCUT2D eigenvalue weighted by atomic mass is 10.0. The fourth-order valence-electron chi connectivity index (χ4n) is 3.98. The molecule has 1 unspecified atom stereocenters. The fraction of sp³-hybridized carbons (Fsp3) is 0.273. The smallest absolute Gasteiger partial charge is 0.255 e. The Morgan fingerprint density at radius 1 is 1.19 bits per heavy atom. The second-order valence-corrected chi connectivity index (χ2v) is 8.35. The predicted octanol–water partition coefficient (Wildman–Crippen LogP) is 3.31. The van der Waals surface area contributed by atoms with Crippen LogP contribution in [0.25, 0.3) is 0 Å². The summed E-state index contributed by atoms with van der Waals surface area (Å²) in [6, 6.07) is 9.76. The zero-order valence-corrected chi connectivity index (χ0v) is 18.2. The number of hydrogen-bond acceptors (Lipinski definition) is 4. The number of halogens is 2. The Morgan fingerprint density at radius 3 is 2.68 bits per heavy atom. The summed E-state index contributed by atoms with van der Waals surface area (Å²) in [4.78, 5) is 51.8. The molecule has 2 aliphatic heterocycles. The number of rotatable bonds is 4. The lowest BCUT2D eigenvalue weighted by Gasteiger charge is -2.29. The van der Waals surface area contributed by atoms with Gasteiger partial charge in [-0.15, -0.1) is 0 Å². The maximum absolute atomic E-state index is 12.8. The molecule has 0 aliphatic carbocycles. The van der Waals surface area contributed by atoms with Crippen LogP contribution in [0.15, 0.2) is 36.4 Å². The molecule has 0 bridgehead atoms. The van der Waals surface area contributed by atoms with Crippen molar-refractivity contribution in [1.29, 1.82) is 0 Å². The molecular weight excluding hydrogens is 441 g/mol. The molecule has 2 aromatic rings. The number of hydrogen-bond donors (Lipinski definition) is 1. The summed E-state index contributed by atoms with van der Waals surface area (Å²) in [5, 5.41) is 2.94. The number of imide groups is 1. The van der Waals surface area contributed by atoms with Gasteiger partial charge in [0.2, 0.25) is 17.7 Å². The Morgan fingerprint density at radius 2 is 1.97 bits per heavy atom. The lowest BCUT2D eigenvalue weighted by Crippen LogP contribution is -2.52. The molecule has 1 fully saturated rings. The molecule has 31 heavy (non-hydrogen) atoms.